The van der Waals surface area contributed by atoms with Gasteiger partial charge in [0.05, 0.1) is 11.1 Å². The number of hydrogen-bond donors (Lipinski definition) is 1. The van der Waals surface area contributed by atoms with Crippen molar-refractivity contribution in [2.75, 3.05) is 18.0 Å². The van der Waals surface area contributed by atoms with Crippen LogP contribution in [0.25, 0.3) is 0 Å². The van der Waals surface area contributed by atoms with Gasteiger partial charge in [0.2, 0.25) is 0 Å². The summed E-state index contributed by atoms with van der Waals surface area (Å²) in [5.41, 5.74) is 5.49. The van der Waals surface area contributed by atoms with Crippen LogP contribution in [0.15, 0.2) is 6.20 Å². The number of aromatic nitrogens is 1. The van der Waals surface area contributed by atoms with Gasteiger partial charge in [0.25, 0.3) is 0 Å². The van der Waals surface area contributed by atoms with Gasteiger partial charge in [-0.2, -0.15) is 0 Å². The summed E-state index contributed by atoms with van der Waals surface area (Å²) in [6.45, 7) is 6.12. The zero-order chi connectivity index (χ0) is 9.84. The van der Waals surface area contributed by atoms with Crippen LogP contribution in [0.2, 0.25) is 0 Å². The van der Waals surface area contributed by atoms with E-state index < -0.39 is 0 Å². The monoisotopic (exact) mass is 215 g/mol. The number of hydrogen-bond acceptors (Lipinski definition) is 4. The van der Waals surface area contributed by atoms with Gasteiger partial charge in [0.15, 0.2) is 5.13 Å². The van der Waals surface area contributed by atoms with Gasteiger partial charge in [-0.1, -0.05) is 23.6 Å². The standard InChI is InChI=1S/C8H13N3S2/c1-3-11(4-2)8-10-5-6(13-8)7(9)12/h5H,3-4H2,1-2H3,(H2,9,12). The predicted molar refractivity (Wildman–Crippen MR) is 61.6 cm³/mol. The highest BCUT2D eigenvalue weighted by molar-refractivity contribution is 7.81. The second-order valence-corrected chi connectivity index (χ2v) is 3.99. The lowest BCUT2D eigenvalue weighted by Crippen LogP contribution is -2.21. The van der Waals surface area contributed by atoms with Crippen molar-refractivity contribution in [3.8, 4) is 0 Å². The van der Waals surface area contributed by atoms with Crippen molar-refractivity contribution in [2.24, 2.45) is 5.73 Å². The number of thiocarbonyl (C=S) groups is 1. The van der Waals surface area contributed by atoms with E-state index in [0.717, 1.165) is 23.1 Å². The Morgan fingerprint density at radius 1 is 1.62 bits per heavy atom. The molecular formula is C8H13N3S2. The number of nitrogens with zero attached hydrogens (tertiary/aromatic N) is 2. The highest BCUT2D eigenvalue weighted by Gasteiger charge is 2.08. The molecule has 0 fully saturated rings. The quantitative estimate of drug-likeness (QED) is 0.775. The van der Waals surface area contributed by atoms with Crippen molar-refractivity contribution in [2.45, 2.75) is 13.8 Å². The topological polar surface area (TPSA) is 42.2 Å². The molecule has 0 atom stereocenters. The molecule has 72 valence electrons. The van der Waals surface area contributed by atoms with Crippen molar-refractivity contribution in [1.29, 1.82) is 0 Å². The van der Waals surface area contributed by atoms with Gasteiger partial charge in [0.1, 0.15) is 4.99 Å². The van der Waals surface area contributed by atoms with Crippen LogP contribution >= 0.6 is 23.6 Å². The van der Waals surface area contributed by atoms with Gasteiger partial charge in [0, 0.05) is 13.1 Å². The maximum absolute atomic E-state index is 5.49. The normalized spacial score (nSPS) is 10.0. The van der Waals surface area contributed by atoms with Crippen LogP contribution in [0.3, 0.4) is 0 Å². The summed E-state index contributed by atoms with van der Waals surface area (Å²) in [6.07, 6.45) is 1.74. The molecule has 3 nitrogen and oxygen atoms in total. The van der Waals surface area contributed by atoms with Crippen molar-refractivity contribution in [3.63, 3.8) is 0 Å². The maximum atomic E-state index is 5.49. The third kappa shape index (κ3) is 2.38. The van der Waals surface area contributed by atoms with E-state index in [1.807, 2.05) is 0 Å². The Bertz CT molecular complexity index is 291. The molecule has 5 heteroatoms. The van der Waals surface area contributed by atoms with Gasteiger partial charge in [-0.25, -0.2) is 4.98 Å². The molecule has 2 N–H and O–H groups in total. The molecule has 1 aromatic heterocycles. The van der Waals surface area contributed by atoms with E-state index >= 15 is 0 Å². The first-order chi connectivity index (χ1) is 6.19. The number of thiazole rings is 1. The summed E-state index contributed by atoms with van der Waals surface area (Å²) in [4.78, 5) is 7.74. The molecule has 0 bridgehead atoms. The lowest BCUT2D eigenvalue weighted by molar-refractivity contribution is 0.860. The third-order valence-corrected chi connectivity index (χ3v) is 3.21. The van der Waals surface area contributed by atoms with Crippen molar-refractivity contribution in [3.05, 3.63) is 11.1 Å². The average Bonchev–Trinajstić information content (AvgIpc) is 2.56. The minimum atomic E-state index is 0.427. The first-order valence-electron chi connectivity index (χ1n) is 4.19. The second-order valence-electron chi connectivity index (χ2n) is 2.54. The number of rotatable bonds is 4. The van der Waals surface area contributed by atoms with E-state index in [1.165, 1.54) is 0 Å². The molecule has 1 heterocycles. The van der Waals surface area contributed by atoms with Crippen LogP contribution in [-0.2, 0) is 0 Å². The summed E-state index contributed by atoms with van der Waals surface area (Å²) in [5.74, 6) is 0. The van der Waals surface area contributed by atoms with Gasteiger partial charge >= 0.3 is 0 Å². The first kappa shape index (κ1) is 10.4. The van der Waals surface area contributed by atoms with Gasteiger partial charge in [-0.3, -0.25) is 0 Å². The number of anilines is 1. The molecular weight excluding hydrogens is 202 g/mol. The van der Waals surface area contributed by atoms with E-state index in [9.17, 15) is 0 Å². The molecule has 0 aliphatic heterocycles. The Kier molecular flexibility index (Phi) is 3.62. The summed E-state index contributed by atoms with van der Waals surface area (Å²) >= 11 is 6.41. The Labute approximate surface area is 87.6 Å². The molecule has 0 amide bonds. The van der Waals surface area contributed by atoms with Crippen molar-refractivity contribution < 1.29 is 0 Å². The van der Waals surface area contributed by atoms with E-state index in [4.69, 9.17) is 18.0 Å². The van der Waals surface area contributed by atoms with Crippen LogP contribution in [0, 0.1) is 0 Å². The Morgan fingerprint density at radius 2 is 2.23 bits per heavy atom. The van der Waals surface area contributed by atoms with Crippen LogP contribution < -0.4 is 10.6 Å². The van der Waals surface area contributed by atoms with Gasteiger partial charge in [-0.05, 0) is 13.8 Å². The Balaban J connectivity index is 2.84. The molecule has 0 aromatic carbocycles. The summed E-state index contributed by atoms with van der Waals surface area (Å²) in [6, 6.07) is 0. The largest absolute Gasteiger partial charge is 0.389 e. The van der Waals surface area contributed by atoms with Gasteiger partial charge < -0.3 is 10.6 Å². The zero-order valence-corrected chi connectivity index (χ0v) is 9.41. The van der Waals surface area contributed by atoms with E-state index in [2.05, 4.69) is 23.7 Å². The highest BCUT2D eigenvalue weighted by atomic mass is 32.1. The second kappa shape index (κ2) is 4.53. The zero-order valence-electron chi connectivity index (χ0n) is 7.78. The third-order valence-electron chi connectivity index (χ3n) is 1.77. The number of nitrogens with two attached hydrogens (primary N) is 1. The minimum absolute atomic E-state index is 0.427. The summed E-state index contributed by atoms with van der Waals surface area (Å²) in [5, 5.41) is 0.993. The molecule has 1 aromatic rings. The van der Waals surface area contributed by atoms with Crippen LogP contribution in [-0.4, -0.2) is 23.1 Å². The molecule has 0 saturated heterocycles. The molecule has 0 spiro atoms. The average molecular weight is 215 g/mol. The maximum Gasteiger partial charge on any atom is 0.185 e. The van der Waals surface area contributed by atoms with E-state index in [0.29, 0.717) is 4.99 Å². The van der Waals surface area contributed by atoms with E-state index in [1.54, 1.807) is 17.5 Å². The van der Waals surface area contributed by atoms with E-state index in [-0.39, 0.29) is 0 Å². The fourth-order valence-corrected chi connectivity index (χ4v) is 2.09. The lowest BCUT2D eigenvalue weighted by atomic mass is 10.5. The van der Waals surface area contributed by atoms with Crippen LogP contribution in [0.1, 0.15) is 18.7 Å². The van der Waals surface area contributed by atoms with Crippen molar-refractivity contribution >= 4 is 33.7 Å². The van der Waals surface area contributed by atoms with Crippen molar-refractivity contribution in [1.82, 2.24) is 4.98 Å². The fraction of sp³-hybridized carbons (Fsp3) is 0.500. The van der Waals surface area contributed by atoms with Crippen LogP contribution in [0.5, 0.6) is 0 Å². The summed E-state index contributed by atoms with van der Waals surface area (Å²) < 4.78 is 0. The lowest BCUT2D eigenvalue weighted by Gasteiger charge is -2.16. The molecule has 0 radical (unpaired) electrons. The smallest absolute Gasteiger partial charge is 0.185 e. The molecule has 13 heavy (non-hydrogen) atoms. The Morgan fingerprint density at radius 3 is 2.62 bits per heavy atom. The Hall–Kier alpha value is -0.680. The predicted octanol–water partition coefficient (Wildman–Crippen LogP) is 1.62. The molecule has 0 aliphatic rings. The molecule has 0 saturated carbocycles. The fourth-order valence-electron chi connectivity index (χ4n) is 1.02. The molecule has 1 rings (SSSR count). The minimum Gasteiger partial charge on any atom is -0.389 e. The summed E-state index contributed by atoms with van der Waals surface area (Å²) in [7, 11) is 0. The first-order valence-corrected chi connectivity index (χ1v) is 5.42. The molecule has 0 unspecified atom stereocenters. The van der Waals surface area contributed by atoms with Crippen LogP contribution in [0.4, 0.5) is 5.13 Å². The molecule has 0 aliphatic carbocycles. The highest BCUT2D eigenvalue weighted by Crippen LogP contribution is 2.21. The SMILES string of the molecule is CCN(CC)c1ncc(C(N)=S)s1. The van der Waals surface area contributed by atoms with Gasteiger partial charge in [-0.15, -0.1) is 0 Å².